The molecular formula is C23H30N2O3S. The Morgan fingerprint density at radius 2 is 1.52 bits per heavy atom. The monoisotopic (exact) mass is 414 g/mol. The van der Waals surface area contributed by atoms with E-state index < -0.39 is 10.0 Å². The summed E-state index contributed by atoms with van der Waals surface area (Å²) in [6.45, 7) is 9.57. The highest BCUT2D eigenvalue weighted by Crippen LogP contribution is 2.24. The Balaban J connectivity index is 1.67. The minimum absolute atomic E-state index is 0.0855. The van der Waals surface area contributed by atoms with Crippen LogP contribution in [0.3, 0.4) is 0 Å². The fourth-order valence-electron chi connectivity index (χ4n) is 3.49. The zero-order chi connectivity index (χ0) is 21.2. The summed E-state index contributed by atoms with van der Waals surface area (Å²) in [4.78, 5) is 12.8. The van der Waals surface area contributed by atoms with Crippen molar-refractivity contribution in [3.05, 3.63) is 65.2 Å². The van der Waals surface area contributed by atoms with Gasteiger partial charge >= 0.3 is 0 Å². The summed E-state index contributed by atoms with van der Waals surface area (Å²) < 4.78 is 26.7. The van der Waals surface area contributed by atoms with E-state index in [4.69, 9.17) is 0 Å². The van der Waals surface area contributed by atoms with Gasteiger partial charge in [0.25, 0.3) is 5.91 Å². The Hall–Kier alpha value is -2.18. The third kappa shape index (κ3) is 4.87. The Morgan fingerprint density at radius 3 is 2.03 bits per heavy atom. The van der Waals surface area contributed by atoms with Crippen molar-refractivity contribution >= 4 is 15.9 Å². The molecule has 156 valence electrons. The van der Waals surface area contributed by atoms with E-state index >= 15 is 0 Å². The summed E-state index contributed by atoms with van der Waals surface area (Å²) in [6.07, 6.45) is 1.79. The molecule has 0 aliphatic carbocycles. The normalized spacial score (nSPS) is 16.6. The molecule has 0 aromatic heterocycles. The zero-order valence-electron chi connectivity index (χ0n) is 17.6. The van der Waals surface area contributed by atoms with E-state index in [9.17, 15) is 13.2 Å². The summed E-state index contributed by atoms with van der Waals surface area (Å²) in [7, 11) is -3.46. The summed E-state index contributed by atoms with van der Waals surface area (Å²) >= 11 is 0. The van der Waals surface area contributed by atoms with E-state index in [1.165, 1.54) is 22.0 Å². The molecule has 1 unspecified atom stereocenters. The number of hydrogen-bond donors (Lipinski definition) is 1. The largest absolute Gasteiger partial charge is 0.346 e. The van der Waals surface area contributed by atoms with Crippen LogP contribution in [0.4, 0.5) is 0 Å². The zero-order valence-corrected chi connectivity index (χ0v) is 18.4. The fraction of sp³-hybridized carbons (Fsp3) is 0.435. The Bertz CT molecular complexity index is 953. The minimum Gasteiger partial charge on any atom is -0.346 e. The predicted molar refractivity (Wildman–Crippen MR) is 115 cm³/mol. The molecule has 2 aromatic carbocycles. The van der Waals surface area contributed by atoms with Crippen LogP contribution in [0.2, 0.25) is 0 Å². The third-order valence-electron chi connectivity index (χ3n) is 5.44. The second-order valence-electron chi connectivity index (χ2n) is 8.70. The predicted octanol–water partition coefficient (Wildman–Crippen LogP) is 4.26. The average Bonchev–Trinajstić information content (AvgIpc) is 3.23. The van der Waals surface area contributed by atoms with Crippen molar-refractivity contribution in [1.29, 1.82) is 0 Å². The third-order valence-corrected chi connectivity index (χ3v) is 7.36. The van der Waals surface area contributed by atoms with Crippen LogP contribution < -0.4 is 5.32 Å². The molecule has 1 amide bonds. The number of hydrogen-bond acceptors (Lipinski definition) is 3. The van der Waals surface area contributed by atoms with Gasteiger partial charge in [0.1, 0.15) is 0 Å². The van der Waals surface area contributed by atoms with E-state index in [2.05, 4.69) is 38.2 Å². The van der Waals surface area contributed by atoms with Gasteiger partial charge in [-0.3, -0.25) is 4.79 Å². The van der Waals surface area contributed by atoms with Crippen molar-refractivity contribution < 1.29 is 13.2 Å². The molecule has 1 heterocycles. The fourth-order valence-corrected chi connectivity index (χ4v) is 5.01. The van der Waals surface area contributed by atoms with E-state index in [-0.39, 0.29) is 22.3 Å². The van der Waals surface area contributed by atoms with Crippen molar-refractivity contribution in [2.75, 3.05) is 13.1 Å². The molecule has 29 heavy (non-hydrogen) atoms. The first-order valence-electron chi connectivity index (χ1n) is 10.1. The molecule has 1 fully saturated rings. The van der Waals surface area contributed by atoms with E-state index in [1.807, 2.05) is 19.1 Å². The minimum atomic E-state index is -3.46. The molecule has 0 bridgehead atoms. The van der Waals surface area contributed by atoms with Gasteiger partial charge in [0.15, 0.2) is 0 Å². The lowest BCUT2D eigenvalue weighted by Crippen LogP contribution is -2.28. The second-order valence-corrected chi connectivity index (χ2v) is 10.6. The highest BCUT2D eigenvalue weighted by Gasteiger charge is 2.27. The maximum Gasteiger partial charge on any atom is 0.251 e. The van der Waals surface area contributed by atoms with Gasteiger partial charge in [0.05, 0.1) is 10.9 Å². The number of carbonyl (C=O) groups is 1. The number of rotatable bonds is 5. The molecular weight excluding hydrogens is 384 g/mol. The lowest BCUT2D eigenvalue weighted by molar-refractivity contribution is 0.0939. The van der Waals surface area contributed by atoms with Crippen LogP contribution in [0.15, 0.2) is 53.4 Å². The van der Waals surface area contributed by atoms with Crippen LogP contribution in [0.25, 0.3) is 0 Å². The number of amides is 1. The van der Waals surface area contributed by atoms with Gasteiger partial charge < -0.3 is 5.32 Å². The molecule has 1 N–H and O–H groups in total. The molecule has 2 aromatic rings. The van der Waals surface area contributed by atoms with Crippen LogP contribution >= 0.6 is 0 Å². The van der Waals surface area contributed by atoms with E-state index in [1.54, 1.807) is 12.1 Å². The van der Waals surface area contributed by atoms with E-state index in [0.717, 1.165) is 18.4 Å². The highest BCUT2D eigenvalue weighted by atomic mass is 32.2. The topological polar surface area (TPSA) is 66.5 Å². The van der Waals surface area contributed by atoms with Gasteiger partial charge in [-0.2, -0.15) is 4.31 Å². The first kappa shape index (κ1) is 21.5. The Morgan fingerprint density at radius 1 is 0.966 bits per heavy atom. The molecule has 1 saturated heterocycles. The van der Waals surface area contributed by atoms with Crippen molar-refractivity contribution in [3.63, 3.8) is 0 Å². The molecule has 1 aliphatic heterocycles. The lowest BCUT2D eigenvalue weighted by Gasteiger charge is -2.21. The number of benzene rings is 2. The summed E-state index contributed by atoms with van der Waals surface area (Å²) in [6, 6.07) is 14.3. The molecule has 0 radical (unpaired) electrons. The summed E-state index contributed by atoms with van der Waals surface area (Å²) in [5.74, 6) is -0.220. The van der Waals surface area contributed by atoms with Gasteiger partial charge in [-0.15, -0.1) is 0 Å². The summed E-state index contributed by atoms with van der Waals surface area (Å²) in [5.41, 5.74) is 2.81. The maximum atomic E-state index is 12.6. The number of sulfonamides is 1. The first-order chi connectivity index (χ1) is 13.6. The van der Waals surface area contributed by atoms with Crippen molar-refractivity contribution in [2.45, 2.75) is 56.9 Å². The van der Waals surface area contributed by atoms with Gasteiger partial charge in [0.2, 0.25) is 10.0 Å². The molecule has 3 rings (SSSR count). The molecule has 6 heteroatoms. The van der Waals surface area contributed by atoms with E-state index in [0.29, 0.717) is 18.7 Å². The SMILES string of the molecule is CC(NC(=O)c1ccc(S(=O)(=O)N2CCCC2)cc1)c1ccc(C(C)(C)C)cc1. The molecule has 5 nitrogen and oxygen atoms in total. The van der Waals surface area contributed by atoms with Gasteiger partial charge in [-0.1, -0.05) is 45.0 Å². The van der Waals surface area contributed by atoms with Crippen molar-refractivity contribution in [1.82, 2.24) is 9.62 Å². The van der Waals surface area contributed by atoms with Crippen LogP contribution in [0.5, 0.6) is 0 Å². The smallest absolute Gasteiger partial charge is 0.251 e. The molecule has 0 spiro atoms. The van der Waals surface area contributed by atoms with Gasteiger partial charge in [-0.25, -0.2) is 8.42 Å². The van der Waals surface area contributed by atoms with Crippen molar-refractivity contribution in [3.8, 4) is 0 Å². The first-order valence-corrected chi connectivity index (χ1v) is 11.5. The number of nitrogens with zero attached hydrogens (tertiary/aromatic N) is 1. The quantitative estimate of drug-likeness (QED) is 0.795. The highest BCUT2D eigenvalue weighted by molar-refractivity contribution is 7.89. The van der Waals surface area contributed by atoms with Crippen LogP contribution in [-0.4, -0.2) is 31.7 Å². The molecule has 1 aliphatic rings. The molecule has 0 saturated carbocycles. The molecule has 1 atom stereocenters. The van der Waals surface area contributed by atoms with Crippen molar-refractivity contribution in [2.24, 2.45) is 0 Å². The second kappa shape index (κ2) is 8.28. The van der Waals surface area contributed by atoms with Gasteiger partial charge in [0, 0.05) is 18.7 Å². The van der Waals surface area contributed by atoms with Crippen LogP contribution in [0, 0.1) is 0 Å². The number of nitrogens with one attached hydrogen (secondary N) is 1. The Kier molecular flexibility index (Phi) is 6.15. The average molecular weight is 415 g/mol. The maximum absolute atomic E-state index is 12.6. The van der Waals surface area contributed by atoms with Crippen LogP contribution in [-0.2, 0) is 15.4 Å². The van der Waals surface area contributed by atoms with Gasteiger partial charge in [-0.05, 0) is 60.6 Å². The summed E-state index contributed by atoms with van der Waals surface area (Å²) in [5, 5.41) is 2.99. The lowest BCUT2D eigenvalue weighted by atomic mass is 9.86. The van der Waals surface area contributed by atoms with Crippen LogP contribution in [0.1, 0.15) is 68.1 Å². The Labute approximate surface area is 174 Å². The number of carbonyl (C=O) groups excluding carboxylic acids is 1. The standard InChI is InChI=1S/C23H30N2O3S/c1-17(18-7-11-20(12-8-18)23(2,3)4)24-22(26)19-9-13-21(14-10-19)29(27,28)25-15-5-6-16-25/h7-14,17H,5-6,15-16H2,1-4H3,(H,24,26).